The van der Waals surface area contributed by atoms with E-state index in [1.54, 1.807) is 24.3 Å². The molecule has 0 aliphatic heterocycles. The third kappa shape index (κ3) is 6.20. The van der Waals surface area contributed by atoms with Crippen LogP contribution in [0.5, 0.6) is 0 Å². The van der Waals surface area contributed by atoms with Crippen molar-refractivity contribution in [2.24, 2.45) is 0 Å². The molecule has 0 aliphatic carbocycles. The summed E-state index contributed by atoms with van der Waals surface area (Å²) in [5.74, 6) is -0.303. The number of hydrogen-bond acceptors (Lipinski definition) is 3. The van der Waals surface area contributed by atoms with Crippen LogP contribution in [0.2, 0.25) is 5.02 Å². The molecule has 4 nitrogen and oxygen atoms in total. The normalized spacial score (nSPS) is 11.6. The second kappa shape index (κ2) is 11.3. The molecule has 0 aliphatic rings. The molecule has 0 fully saturated rings. The number of fused-ring (bicyclic) bond motifs is 1. The highest BCUT2D eigenvalue weighted by atomic mass is 35.5. The van der Waals surface area contributed by atoms with Crippen molar-refractivity contribution < 1.29 is 9.59 Å². The topological polar surface area (TPSA) is 58.2 Å². The number of rotatable bonds is 7. The van der Waals surface area contributed by atoms with Gasteiger partial charge in [0.15, 0.2) is 0 Å². The smallest absolute Gasteiger partial charge is 0.255 e. The Morgan fingerprint density at radius 1 is 0.649 bits per heavy atom. The third-order valence-electron chi connectivity index (χ3n) is 5.83. The molecule has 0 radical (unpaired) electrons. The van der Waals surface area contributed by atoms with E-state index in [1.165, 1.54) is 11.8 Å². The summed E-state index contributed by atoms with van der Waals surface area (Å²) in [6.45, 7) is 0. The second-order valence-electron chi connectivity index (χ2n) is 8.45. The zero-order chi connectivity index (χ0) is 25.6. The van der Waals surface area contributed by atoms with Gasteiger partial charge in [0.1, 0.15) is 5.25 Å². The van der Waals surface area contributed by atoms with E-state index in [4.69, 9.17) is 11.6 Å². The fraction of sp³-hybridized carbons (Fsp3) is 0.0323. The molecule has 5 aromatic rings. The maximum absolute atomic E-state index is 13.2. The number of carbonyl (C=O) groups excluding carboxylic acids is 2. The van der Waals surface area contributed by atoms with Gasteiger partial charge in [-0.05, 0) is 77.0 Å². The lowest BCUT2D eigenvalue weighted by Crippen LogP contribution is -2.19. The number of nitrogens with one attached hydrogen (secondary N) is 2. The highest BCUT2D eigenvalue weighted by Crippen LogP contribution is 2.37. The van der Waals surface area contributed by atoms with Gasteiger partial charge in [-0.25, -0.2) is 0 Å². The molecular formula is C31H23ClN2O2S. The van der Waals surface area contributed by atoms with Gasteiger partial charge in [0.2, 0.25) is 5.91 Å². The lowest BCUT2D eigenvalue weighted by atomic mass is 10.1. The average Bonchev–Trinajstić information content (AvgIpc) is 2.94. The van der Waals surface area contributed by atoms with Gasteiger partial charge in [-0.15, -0.1) is 11.8 Å². The van der Waals surface area contributed by atoms with Crippen LogP contribution in [-0.2, 0) is 4.79 Å². The van der Waals surface area contributed by atoms with Gasteiger partial charge >= 0.3 is 0 Å². The summed E-state index contributed by atoms with van der Waals surface area (Å²) in [6, 6.07) is 37.8. The maximum atomic E-state index is 13.2. The summed E-state index contributed by atoms with van der Waals surface area (Å²) in [6.07, 6.45) is 0. The van der Waals surface area contributed by atoms with Crippen LogP contribution < -0.4 is 10.6 Å². The quantitative estimate of drug-likeness (QED) is 0.212. The first-order chi connectivity index (χ1) is 18.0. The average molecular weight is 523 g/mol. The van der Waals surface area contributed by atoms with E-state index in [2.05, 4.69) is 10.6 Å². The number of halogens is 1. The summed E-state index contributed by atoms with van der Waals surface area (Å²) in [4.78, 5) is 27.0. The van der Waals surface area contributed by atoms with Gasteiger partial charge in [-0.2, -0.15) is 0 Å². The van der Waals surface area contributed by atoms with Crippen molar-refractivity contribution in [3.05, 3.63) is 137 Å². The van der Waals surface area contributed by atoms with Gasteiger partial charge in [-0.1, -0.05) is 72.3 Å². The van der Waals surface area contributed by atoms with Gasteiger partial charge in [-0.3, -0.25) is 9.59 Å². The molecule has 37 heavy (non-hydrogen) atoms. The fourth-order valence-electron chi connectivity index (χ4n) is 3.93. The van der Waals surface area contributed by atoms with Crippen LogP contribution in [0, 0.1) is 0 Å². The molecule has 0 saturated carbocycles. The van der Waals surface area contributed by atoms with Crippen molar-refractivity contribution >= 4 is 57.3 Å². The molecular weight excluding hydrogens is 500 g/mol. The number of benzene rings is 5. The number of thioether (sulfide) groups is 1. The Balaban J connectivity index is 1.29. The van der Waals surface area contributed by atoms with E-state index >= 15 is 0 Å². The van der Waals surface area contributed by atoms with Gasteiger partial charge in [0.25, 0.3) is 5.91 Å². The highest BCUT2D eigenvalue weighted by molar-refractivity contribution is 8.00. The van der Waals surface area contributed by atoms with Crippen molar-refractivity contribution in [3.63, 3.8) is 0 Å². The van der Waals surface area contributed by atoms with Crippen LogP contribution in [0.25, 0.3) is 10.8 Å². The SMILES string of the molecule is O=C(Nc1ccc(SC(C(=O)Nc2ccc(Cl)cc2)c2ccccc2)cc1)c1ccc2ccccc2c1. The van der Waals surface area contributed by atoms with Crippen LogP contribution in [0.4, 0.5) is 11.4 Å². The van der Waals surface area contributed by atoms with Gasteiger partial charge < -0.3 is 10.6 Å². The van der Waals surface area contributed by atoms with E-state index in [9.17, 15) is 9.59 Å². The lowest BCUT2D eigenvalue weighted by molar-refractivity contribution is -0.115. The van der Waals surface area contributed by atoms with Crippen LogP contribution >= 0.6 is 23.4 Å². The summed E-state index contributed by atoms with van der Waals surface area (Å²) in [5.41, 5.74) is 2.86. The fourth-order valence-corrected chi connectivity index (χ4v) is 5.08. The molecule has 1 atom stereocenters. The number of amides is 2. The first-order valence-corrected chi connectivity index (χ1v) is 13.0. The molecule has 1 unspecified atom stereocenters. The van der Waals surface area contributed by atoms with Crippen LogP contribution in [0.1, 0.15) is 21.2 Å². The number of carbonyl (C=O) groups is 2. The van der Waals surface area contributed by atoms with Gasteiger partial charge in [0.05, 0.1) is 0 Å². The van der Waals surface area contributed by atoms with E-state index in [0.29, 0.717) is 22.0 Å². The zero-order valence-electron chi connectivity index (χ0n) is 19.7. The first kappa shape index (κ1) is 24.6. The predicted octanol–water partition coefficient (Wildman–Crippen LogP) is 8.22. The Hall–Kier alpha value is -4.06. The van der Waals surface area contributed by atoms with Crippen LogP contribution in [0.15, 0.2) is 126 Å². The van der Waals surface area contributed by atoms with E-state index in [1.807, 2.05) is 97.1 Å². The van der Waals surface area contributed by atoms with Crippen molar-refractivity contribution in [2.45, 2.75) is 10.1 Å². The number of hydrogen-bond donors (Lipinski definition) is 2. The third-order valence-corrected chi connectivity index (χ3v) is 7.35. The molecule has 5 aromatic carbocycles. The minimum absolute atomic E-state index is 0.132. The first-order valence-electron chi connectivity index (χ1n) is 11.7. The largest absolute Gasteiger partial charge is 0.325 e. The molecule has 0 saturated heterocycles. The summed E-state index contributed by atoms with van der Waals surface area (Å²) in [7, 11) is 0. The van der Waals surface area contributed by atoms with Crippen LogP contribution in [-0.4, -0.2) is 11.8 Å². The lowest BCUT2D eigenvalue weighted by Gasteiger charge is -2.17. The minimum Gasteiger partial charge on any atom is -0.325 e. The Bertz CT molecular complexity index is 1540. The summed E-state index contributed by atoms with van der Waals surface area (Å²) < 4.78 is 0. The Labute approximate surface area is 224 Å². The molecule has 0 bridgehead atoms. The Kier molecular flexibility index (Phi) is 7.54. The van der Waals surface area contributed by atoms with E-state index in [-0.39, 0.29) is 11.8 Å². The molecule has 6 heteroatoms. The molecule has 5 rings (SSSR count). The predicted molar refractivity (Wildman–Crippen MR) is 153 cm³/mol. The number of anilines is 2. The Morgan fingerprint density at radius 3 is 2.00 bits per heavy atom. The zero-order valence-corrected chi connectivity index (χ0v) is 21.3. The summed E-state index contributed by atoms with van der Waals surface area (Å²) >= 11 is 7.42. The molecule has 0 aromatic heterocycles. The van der Waals surface area contributed by atoms with Crippen molar-refractivity contribution in [1.82, 2.24) is 0 Å². The van der Waals surface area contributed by atoms with Crippen molar-refractivity contribution in [2.75, 3.05) is 10.6 Å². The van der Waals surface area contributed by atoms with E-state index in [0.717, 1.165) is 21.2 Å². The highest BCUT2D eigenvalue weighted by Gasteiger charge is 2.22. The second-order valence-corrected chi connectivity index (χ2v) is 10.1. The minimum atomic E-state index is -0.463. The molecule has 2 amide bonds. The summed E-state index contributed by atoms with van der Waals surface area (Å²) in [5, 5.41) is 8.20. The maximum Gasteiger partial charge on any atom is 0.255 e. The van der Waals surface area contributed by atoms with E-state index < -0.39 is 5.25 Å². The van der Waals surface area contributed by atoms with Crippen molar-refractivity contribution in [3.8, 4) is 0 Å². The van der Waals surface area contributed by atoms with Crippen molar-refractivity contribution in [1.29, 1.82) is 0 Å². The Morgan fingerprint density at radius 2 is 1.27 bits per heavy atom. The molecule has 182 valence electrons. The van der Waals surface area contributed by atoms with Gasteiger partial charge in [0, 0.05) is 26.9 Å². The molecule has 0 spiro atoms. The molecule has 0 heterocycles. The van der Waals surface area contributed by atoms with Crippen LogP contribution in [0.3, 0.4) is 0 Å². The monoisotopic (exact) mass is 522 g/mol. The standard InChI is InChI=1S/C31H23ClN2O2S/c32-25-12-14-26(15-13-25)34-31(36)29(22-7-2-1-3-8-22)37-28-18-16-27(17-19-28)33-30(35)24-11-10-21-6-4-5-9-23(21)20-24/h1-20,29H,(H,33,35)(H,34,36). The molecule has 2 N–H and O–H groups in total.